The van der Waals surface area contributed by atoms with Crippen LogP contribution in [-0.4, -0.2) is 11.0 Å². The van der Waals surface area contributed by atoms with Crippen molar-refractivity contribution in [3.8, 4) is 11.8 Å². The van der Waals surface area contributed by atoms with E-state index in [0.717, 1.165) is 16.5 Å². The van der Waals surface area contributed by atoms with Crippen LogP contribution in [0.25, 0.3) is 6.08 Å². The number of aryl methyl sites for hydroxylation is 1. The van der Waals surface area contributed by atoms with E-state index in [9.17, 15) is 15.2 Å². The van der Waals surface area contributed by atoms with Gasteiger partial charge < -0.3 is 10.4 Å². The Kier molecular flexibility index (Phi) is 5.56. The summed E-state index contributed by atoms with van der Waals surface area (Å²) in [7, 11) is 0. The monoisotopic (exact) mass is 370 g/mol. The van der Waals surface area contributed by atoms with Gasteiger partial charge in [0.1, 0.15) is 17.4 Å². The molecule has 23 heavy (non-hydrogen) atoms. The average Bonchev–Trinajstić information content (AvgIpc) is 2.56. The molecule has 2 N–H and O–H groups in total. The van der Waals surface area contributed by atoms with Crippen LogP contribution in [0.4, 0.5) is 5.69 Å². The summed E-state index contributed by atoms with van der Waals surface area (Å²) < 4.78 is 0.746. The predicted molar refractivity (Wildman–Crippen MR) is 93.8 cm³/mol. The number of aromatic hydroxyl groups is 1. The maximum atomic E-state index is 12.3. The molecular weight excluding hydrogens is 356 g/mol. The molecular formula is C18H15BrN2O2. The minimum Gasteiger partial charge on any atom is -0.507 e. The lowest BCUT2D eigenvalue weighted by molar-refractivity contribution is -0.112. The Morgan fingerprint density at radius 1 is 1.35 bits per heavy atom. The molecule has 0 saturated carbocycles. The molecule has 2 aromatic carbocycles. The van der Waals surface area contributed by atoms with E-state index in [1.807, 2.05) is 31.2 Å². The van der Waals surface area contributed by atoms with Gasteiger partial charge in [-0.1, -0.05) is 41.1 Å². The van der Waals surface area contributed by atoms with Gasteiger partial charge in [-0.15, -0.1) is 0 Å². The zero-order chi connectivity index (χ0) is 16.8. The minimum absolute atomic E-state index is 0.00251. The molecule has 5 heteroatoms. The molecule has 0 aliphatic rings. The van der Waals surface area contributed by atoms with Crippen LogP contribution in [0.1, 0.15) is 18.1 Å². The van der Waals surface area contributed by atoms with Gasteiger partial charge in [-0.05, 0) is 42.3 Å². The molecule has 0 aromatic heterocycles. The highest BCUT2D eigenvalue weighted by Crippen LogP contribution is 2.24. The van der Waals surface area contributed by atoms with E-state index < -0.39 is 5.91 Å². The Morgan fingerprint density at radius 3 is 2.78 bits per heavy atom. The predicted octanol–water partition coefficient (Wildman–Crippen LogP) is 4.26. The van der Waals surface area contributed by atoms with E-state index in [1.165, 1.54) is 12.1 Å². The van der Waals surface area contributed by atoms with Gasteiger partial charge in [0.05, 0.1) is 0 Å². The molecule has 1 amide bonds. The summed E-state index contributed by atoms with van der Waals surface area (Å²) in [4.78, 5) is 12.3. The lowest BCUT2D eigenvalue weighted by Crippen LogP contribution is -2.14. The van der Waals surface area contributed by atoms with Gasteiger partial charge in [-0.25, -0.2) is 0 Å². The molecule has 0 heterocycles. The van der Waals surface area contributed by atoms with Crippen molar-refractivity contribution < 1.29 is 9.90 Å². The number of hydrogen-bond donors (Lipinski definition) is 2. The number of benzene rings is 2. The molecule has 0 fully saturated rings. The number of hydrogen-bond acceptors (Lipinski definition) is 3. The molecule has 0 saturated heterocycles. The first kappa shape index (κ1) is 16.8. The summed E-state index contributed by atoms with van der Waals surface area (Å²) in [6, 6.07) is 14.1. The lowest BCUT2D eigenvalue weighted by atomic mass is 10.1. The first-order chi connectivity index (χ1) is 11.0. The van der Waals surface area contributed by atoms with Crippen LogP contribution in [0.3, 0.4) is 0 Å². The van der Waals surface area contributed by atoms with E-state index >= 15 is 0 Å². The molecule has 2 aromatic rings. The van der Waals surface area contributed by atoms with Crippen molar-refractivity contribution in [1.29, 1.82) is 5.26 Å². The largest absolute Gasteiger partial charge is 0.507 e. The smallest absolute Gasteiger partial charge is 0.266 e. The van der Waals surface area contributed by atoms with Gasteiger partial charge >= 0.3 is 0 Å². The number of nitrogens with one attached hydrogen (secondary N) is 1. The first-order valence-corrected chi connectivity index (χ1v) is 7.84. The first-order valence-electron chi connectivity index (χ1n) is 7.04. The van der Waals surface area contributed by atoms with E-state index in [4.69, 9.17) is 0 Å². The highest BCUT2D eigenvalue weighted by molar-refractivity contribution is 9.10. The number of amides is 1. The van der Waals surface area contributed by atoms with Crippen LogP contribution >= 0.6 is 15.9 Å². The number of halogens is 1. The van der Waals surface area contributed by atoms with Crippen molar-refractivity contribution >= 4 is 33.6 Å². The third-order valence-electron chi connectivity index (χ3n) is 3.30. The number of anilines is 1. The quantitative estimate of drug-likeness (QED) is 0.623. The van der Waals surface area contributed by atoms with Gasteiger partial charge in [0.2, 0.25) is 0 Å². The van der Waals surface area contributed by atoms with Crippen molar-refractivity contribution in [3.05, 3.63) is 63.6 Å². The SMILES string of the molecule is CCc1ccccc1NC(=O)/C(C#N)=C/c1cc(Br)ccc1O. The van der Waals surface area contributed by atoms with Crippen molar-refractivity contribution in [2.24, 2.45) is 0 Å². The van der Waals surface area contributed by atoms with Crippen LogP contribution in [0.15, 0.2) is 52.5 Å². The Morgan fingerprint density at radius 2 is 2.09 bits per heavy atom. The molecule has 0 spiro atoms. The van der Waals surface area contributed by atoms with Crippen LogP contribution in [-0.2, 0) is 11.2 Å². The van der Waals surface area contributed by atoms with Gasteiger partial charge in [0.15, 0.2) is 0 Å². The summed E-state index contributed by atoms with van der Waals surface area (Å²) >= 11 is 3.29. The number of carbonyl (C=O) groups excluding carboxylic acids is 1. The molecule has 0 atom stereocenters. The molecule has 0 bridgehead atoms. The summed E-state index contributed by atoms with van der Waals surface area (Å²) in [5.74, 6) is -0.504. The van der Waals surface area contributed by atoms with Gasteiger partial charge in [-0.2, -0.15) is 5.26 Å². The van der Waals surface area contributed by atoms with Crippen LogP contribution in [0, 0.1) is 11.3 Å². The number of phenolic OH excluding ortho intramolecular Hbond substituents is 1. The van der Waals surface area contributed by atoms with E-state index in [0.29, 0.717) is 11.3 Å². The lowest BCUT2D eigenvalue weighted by Gasteiger charge is -2.09. The standard InChI is InChI=1S/C18H15BrN2O2/c1-2-12-5-3-4-6-16(12)21-18(23)14(11-20)9-13-10-15(19)7-8-17(13)22/h3-10,22H,2H2,1H3,(H,21,23)/b14-9+. The van der Waals surface area contributed by atoms with Gasteiger partial charge in [0, 0.05) is 15.7 Å². The second-order valence-electron chi connectivity index (χ2n) is 4.84. The van der Waals surface area contributed by atoms with E-state index in [-0.39, 0.29) is 11.3 Å². The maximum absolute atomic E-state index is 12.3. The third kappa shape index (κ3) is 4.21. The molecule has 2 rings (SSSR count). The number of para-hydroxylation sites is 1. The molecule has 0 aliphatic heterocycles. The van der Waals surface area contributed by atoms with Crippen molar-refractivity contribution in [2.75, 3.05) is 5.32 Å². The molecule has 0 unspecified atom stereocenters. The van der Waals surface area contributed by atoms with Crippen molar-refractivity contribution in [3.63, 3.8) is 0 Å². The second-order valence-corrected chi connectivity index (χ2v) is 5.75. The zero-order valence-corrected chi connectivity index (χ0v) is 14.1. The maximum Gasteiger partial charge on any atom is 0.266 e. The van der Waals surface area contributed by atoms with Crippen LogP contribution < -0.4 is 5.32 Å². The minimum atomic E-state index is -0.507. The fourth-order valence-electron chi connectivity index (χ4n) is 2.09. The Labute approximate surface area is 143 Å². The van der Waals surface area contributed by atoms with E-state index in [2.05, 4.69) is 21.2 Å². The molecule has 0 radical (unpaired) electrons. The second kappa shape index (κ2) is 7.61. The molecule has 0 aliphatic carbocycles. The topological polar surface area (TPSA) is 73.1 Å². The number of nitriles is 1. The summed E-state index contributed by atoms with van der Waals surface area (Å²) in [6.07, 6.45) is 2.14. The fraction of sp³-hybridized carbons (Fsp3) is 0.111. The highest BCUT2D eigenvalue weighted by atomic mass is 79.9. The normalized spacial score (nSPS) is 10.9. The Balaban J connectivity index is 2.30. The van der Waals surface area contributed by atoms with Crippen molar-refractivity contribution in [2.45, 2.75) is 13.3 Å². The van der Waals surface area contributed by atoms with E-state index in [1.54, 1.807) is 18.2 Å². The molecule has 4 nitrogen and oxygen atoms in total. The van der Waals surface area contributed by atoms with Gasteiger partial charge in [0.25, 0.3) is 5.91 Å². The number of phenols is 1. The summed E-state index contributed by atoms with van der Waals surface area (Å²) in [5.41, 5.74) is 1.99. The molecule has 116 valence electrons. The van der Waals surface area contributed by atoms with Gasteiger partial charge in [-0.3, -0.25) is 4.79 Å². The Hall–Kier alpha value is -2.58. The number of rotatable bonds is 4. The summed E-state index contributed by atoms with van der Waals surface area (Å²) in [6.45, 7) is 1.99. The number of carbonyl (C=O) groups is 1. The highest BCUT2D eigenvalue weighted by Gasteiger charge is 2.12. The average molecular weight is 371 g/mol. The van der Waals surface area contributed by atoms with Crippen LogP contribution in [0.2, 0.25) is 0 Å². The zero-order valence-electron chi connectivity index (χ0n) is 12.5. The fourth-order valence-corrected chi connectivity index (χ4v) is 2.46. The number of nitrogens with zero attached hydrogens (tertiary/aromatic N) is 1. The van der Waals surface area contributed by atoms with Crippen molar-refractivity contribution in [1.82, 2.24) is 0 Å². The van der Waals surface area contributed by atoms with Crippen LogP contribution in [0.5, 0.6) is 5.75 Å². The summed E-state index contributed by atoms with van der Waals surface area (Å²) in [5, 5.41) is 21.8. The Bertz CT molecular complexity index is 807. The third-order valence-corrected chi connectivity index (χ3v) is 3.79.